The van der Waals surface area contributed by atoms with E-state index in [4.69, 9.17) is 18.9 Å². The van der Waals surface area contributed by atoms with Crippen LogP contribution in [-0.2, 0) is 15.6 Å². The number of halogens is 1. The molecule has 0 radical (unpaired) electrons. The molecule has 41 heavy (non-hydrogen) atoms. The molecule has 0 aliphatic rings. The van der Waals surface area contributed by atoms with Crippen LogP contribution < -0.4 is 24.3 Å². The van der Waals surface area contributed by atoms with E-state index >= 15 is 0 Å². The van der Waals surface area contributed by atoms with Gasteiger partial charge in [0.1, 0.15) is 17.3 Å². The zero-order valence-corrected chi connectivity index (χ0v) is 23.9. The number of rotatable bonds is 10. The summed E-state index contributed by atoms with van der Waals surface area (Å²) in [6, 6.07) is 22.5. The highest BCUT2D eigenvalue weighted by molar-refractivity contribution is 7.85. The van der Waals surface area contributed by atoms with Crippen molar-refractivity contribution in [3.05, 3.63) is 96.3 Å². The number of amides is 1. The molecule has 0 saturated carbocycles. The Morgan fingerprint density at radius 2 is 1.54 bits per heavy atom. The van der Waals surface area contributed by atoms with E-state index in [1.165, 1.54) is 42.7 Å². The number of carbonyl (C=O) groups excluding carboxylic acids is 1. The lowest BCUT2D eigenvalue weighted by Crippen LogP contribution is -2.25. The Morgan fingerprint density at radius 3 is 2.22 bits per heavy atom. The second-order valence-electron chi connectivity index (χ2n) is 8.65. The average Bonchev–Trinajstić information content (AvgIpc) is 3.40. The van der Waals surface area contributed by atoms with Gasteiger partial charge in [0, 0.05) is 27.5 Å². The normalized spacial score (nSPS) is 12.4. The fraction of sp³-hybridized carbons (Fsp3) is 0.133. The van der Waals surface area contributed by atoms with Gasteiger partial charge in [0.05, 0.1) is 42.3 Å². The van der Waals surface area contributed by atoms with Gasteiger partial charge < -0.3 is 18.9 Å². The van der Waals surface area contributed by atoms with E-state index < -0.39 is 28.6 Å². The van der Waals surface area contributed by atoms with Crippen molar-refractivity contribution < 1.29 is 32.3 Å². The van der Waals surface area contributed by atoms with E-state index in [1.807, 2.05) is 0 Å². The number of ether oxygens (including phenoxy) is 4. The van der Waals surface area contributed by atoms with Crippen molar-refractivity contribution in [1.82, 2.24) is 4.98 Å². The molecule has 0 saturated heterocycles. The Balaban J connectivity index is 1.47. The molecule has 0 fully saturated rings. The second kappa shape index (κ2) is 12.4. The van der Waals surface area contributed by atoms with Crippen LogP contribution in [0.4, 0.5) is 9.52 Å². The monoisotopic (exact) mass is 592 g/mol. The SMILES string of the molecule is COc1ccc(OC(C(=O)Nc2nc3cc(OC)c(OC)cc3s2)c2cccc(S(=O)c3ccc(F)cc3)c2)cc1. The van der Waals surface area contributed by atoms with Crippen molar-refractivity contribution in [3.8, 4) is 23.0 Å². The lowest BCUT2D eigenvalue weighted by molar-refractivity contribution is -0.123. The summed E-state index contributed by atoms with van der Waals surface area (Å²) in [5.41, 5.74) is 1.10. The fourth-order valence-electron chi connectivity index (χ4n) is 4.03. The summed E-state index contributed by atoms with van der Waals surface area (Å²) in [5.74, 6) is 1.23. The lowest BCUT2D eigenvalue weighted by atomic mass is 10.1. The fourth-order valence-corrected chi connectivity index (χ4v) is 6.01. The molecular formula is C30H25FN2O6S2. The Morgan fingerprint density at radius 1 is 0.854 bits per heavy atom. The van der Waals surface area contributed by atoms with Gasteiger partial charge in [-0.3, -0.25) is 10.1 Å². The Hall–Kier alpha value is -4.48. The van der Waals surface area contributed by atoms with Crippen LogP contribution >= 0.6 is 11.3 Å². The summed E-state index contributed by atoms with van der Waals surface area (Å²) in [7, 11) is 3.04. The third kappa shape index (κ3) is 6.31. The summed E-state index contributed by atoms with van der Waals surface area (Å²) < 4.78 is 49.5. The van der Waals surface area contributed by atoms with E-state index in [0.717, 1.165) is 4.70 Å². The standard InChI is InChI=1S/C30H25FN2O6S2/c1-36-20-9-11-21(12-10-20)39-28(18-5-4-6-23(15-18)41(35)22-13-7-19(31)8-14-22)29(34)33-30-32-24-16-25(37-2)26(38-3)17-27(24)40-30/h4-17,28H,1-3H3,(H,32,33,34). The molecule has 1 aromatic heterocycles. The van der Waals surface area contributed by atoms with Crippen LogP contribution in [0.25, 0.3) is 10.2 Å². The van der Waals surface area contributed by atoms with E-state index in [9.17, 15) is 13.4 Å². The molecule has 210 valence electrons. The first-order chi connectivity index (χ1) is 19.9. The molecule has 0 spiro atoms. The van der Waals surface area contributed by atoms with Gasteiger partial charge in [0.25, 0.3) is 5.91 Å². The number of methoxy groups -OCH3 is 3. The highest BCUT2D eigenvalue weighted by atomic mass is 32.2. The van der Waals surface area contributed by atoms with Crippen LogP contribution in [0.5, 0.6) is 23.0 Å². The summed E-state index contributed by atoms with van der Waals surface area (Å²) in [5, 5.41) is 3.21. The van der Waals surface area contributed by atoms with E-state index in [0.29, 0.717) is 49.0 Å². The maximum absolute atomic E-state index is 13.7. The molecule has 0 aliphatic heterocycles. The molecule has 8 nitrogen and oxygen atoms in total. The van der Waals surface area contributed by atoms with Crippen molar-refractivity contribution in [2.75, 3.05) is 26.6 Å². The predicted molar refractivity (Wildman–Crippen MR) is 155 cm³/mol. The van der Waals surface area contributed by atoms with Crippen LogP contribution in [0.15, 0.2) is 94.7 Å². The molecule has 0 bridgehead atoms. The molecule has 5 aromatic rings. The van der Waals surface area contributed by atoms with E-state index in [1.54, 1.807) is 74.9 Å². The van der Waals surface area contributed by atoms with Gasteiger partial charge in [0.2, 0.25) is 6.10 Å². The van der Waals surface area contributed by atoms with Gasteiger partial charge in [-0.05, 0) is 60.7 Å². The predicted octanol–water partition coefficient (Wildman–Crippen LogP) is 6.39. The van der Waals surface area contributed by atoms with Gasteiger partial charge in [-0.15, -0.1) is 0 Å². The van der Waals surface area contributed by atoms with Crippen LogP contribution in [0, 0.1) is 5.82 Å². The summed E-state index contributed by atoms with van der Waals surface area (Å²) in [4.78, 5) is 19.1. The van der Waals surface area contributed by atoms with E-state index in [-0.39, 0.29) is 0 Å². The highest BCUT2D eigenvalue weighted by Gasteiger charge is 2.26. The summed E-state index contributed by atoms with van der Waals surface area (Å²) in [6.07, 6.45) is -1.12. The van der Waals surface area contributed by atoms with Gasteiger partial charge in [-0.1, -0.05) is 23.5 Å². The Kier molecular flexibility index (Phi) is 8.46. The largest absolute Gasteiger partial charge is 0.497 e. The van der Waals surface area contributed by atoms with Gasteiger partial charge >= 0.3 is 0 Å². The first-order valence-electron chi connectivity index (χ1n) is 12.3. The minimum absolute atomic E-state index is 0.356. The number of nitrogens with one attached hydrogen (secondary N) is 1. The number of carbonyl (C=O) groups is 1. The zero-order chi connectivity index (χ0) is 28.9. The number of fused-ring (bicyclic) bond motifs is 1. The van der Waals surface area contributed by atoms with Crippen LogP contribution in [0.3, 0.4) is 0 Å². The molecule has 2 unspecified atom stereocenters. The number of hydrogen-bond donors (Lipinski definition) is 1. The van der Waals surface area contributed by atoms with Crippen LogP contribution in [0.1, 0.15) is 11.7 Å². The highest BCUT2D eigenvalue weighted by Crippen LogP contribution is 2.37. The summed E-state index contributed by atoms with van der Waals surface area (Å²) >= 11 is 1.27. The van der Waals surface area contributed by atoms with Crippen molar-refractivity contribution in [1.29, 1.82) is 0 Å². The van der Waals surface area contributed by atoms with Crippen LogP contribution in [0.2, 0.25) is 0 Å². The lowest BCUT2D eigenvalue weighted by Gasteiger charge is -2.19. The van der Waals surface area contributed by atoms with Crippen molar-refractivity contribution >= 4 is 43.4 Å². The first kappa shape index (κ1) is 28.1. The maximum Gasteiger partial charge on any atom is 0.271 e. The van der Waals surface area contributed by atoms with Gasteiger partial charge in [-0.2, -0.15) is 0 Å². The smallest absolute Gasteiger partial charge is 0.271 e. The van der Waals surface area contributed by atoms with Crippen molar-refractivity contribution in [2.45, 2.75) is 15.9 Å². The van der Waals surface area contributed by atoms with Crippen LogP contribution in [-0.4, -0.2) is 36.4 Å². The third-order valence-electron chi connectivity index (χ3n) is 6.08. The van der Waals surface area contributed by atoms with Crippen molar-refractivity contribution in [2.24, 2.45) is 0 Å². The molecule has 1 N–H and O–H groups in total. The molecule has 1 amide bonds. The Labute approximate surface area is 242 Å². The minimum atomic E-state index is -1.61. The number of benzene rings is 4. The first-order valence-corrected chi connectivity index (χ1v) is 14.3. The molecule has 5 rings (SSSR count). The van der Waals surface area contributed by atoms with Gasteiger partial charge in [-0.25, -0.2) is 13.6 Å². The molecule has 11 heteroatoms. The average molecular weight is 593 g/mol. The third-order valence-corrected chi connectivity index (χ3v) is 8.39. The molecule has 2 atom stereocenters. The molecule has 0 aliphatic carbocycles. The number of hydrogen-bond acceptors (Lipinski definition) is 8. The topological polar surface area (TPSA) is 96.0 Å². The minimum Gasteiger partial charge on any atom is -0.497 e. The molecule has 1 heterocycles. The quantitative estimate of drug-likeness (QED) is 0.201. The molecular weight excluding hydrogens is 567 g/mol. The summed E-state index contributed by atoms with van der Waals surface area (Å²) in [6.45, 7) is 0. The zero-order valence-electron chi connectivity index (χ0n) is 22.3. The number of aromatic nitrogens is 1. The van der Waals surface area contributed by atoms with Crippen molar-refractivity contribution in [3.63, 3.8) is 0 Å². The number of thiazole rings is 1. The second-order valence-corrected chi connectivity index (χ2v) is 11.2. The van der Waals surface area contributed by atoms with Gasteiger partial charge in [0.15, 0.2) is 16.6 Å². The number of anilines is 1. The maximum atomic E-state index is 13.7. The molecule has 4 aromatic carbocycles. The number of nitrogens with zero attached hydrogens (tertiary/aromatic N) is 1. The van der Waals surface area contributed by atoms with E-state index in [2.05, 4.69) is 10.3 Å². The Bertz CT molecular complexity index is 1670.